The number of carbonyl (C=O) groups is 1. The Morgan fingerprint density at radius 1 is 1.35 bits per heavy atom. The van der Waals surface area contributed by atoms with Crippen molar-refractivity contribution in [2.45, 2.75) is 52.2 Å². The Morgan fingerprint density at radius 3 is 2.60 bits per heavy atom. The van der Waals surface area contributed by atoms with E-state index in [0.29, 0.717) is 13.0 Å². The van der Waals surface area contributed by atoms with Crippen molar-refractivity contribution < 1.29 is 19.4 Å². The molecule has 0 aromatic heterocycles. The van der Waals surface area contributed by atoms with Crippen LogP contribution in [0.1, 0.15) is 39.7 Å². The Balaban J connectivity index is 2.79. The van der Waals surface area contributed by atoms with Crippen LogP contribution in [0.5, 0.6) is 5.75 Å². The zero-order valence-electron chi connectivity index (χ0n) is 12.7. The van der Waals surface area contributed by atoms with E-state index in [0.717, 1.165) is 12.0 Å². The minimum atomic E-state index is -0.664. The van der Waals surface area contributed by atoms with Gasteiger partial charge in [-0.25, -0.2) is 4.79 Å². The van der Waals surface area contributed by atoms with Crippen LogP contribution >= 0.6 is 0 Å². The molecule has 112 valence electrons. The van der Waals surface area contributed by atoms with Crippen LogP contribution in [-0.4, -0.2) is 29.4 Å². The fourth-order valence-corrected chi connectivity index (χ4v) is 1.79. The van der Waals surface area contributed by atoms with Gasteiger partial charge >= 0.3 is 5.97 Å². The first-order valence-electron chi connectivity index (χ1n) is 6.94. The molecule has 1 aromatic rings. The number of ether oxygens (including phenoxy) is 2. The average molecular weight is 280 g/mol. The molecule has 1 unspecified atom stereocenters. The van der Waals surface area contributed by atoms with Crippen molar-refractivity contribution in [3.05, 3.63) is 29.8 Å². The van der Waals surface area contributed by atoms with Gasteiger partial charge in [0.15, 0.2) is 6.10 Å². The molecule has 0 amide bonds. The highest BCUT2D eigenvalue weighted by molar-refractivity contribution is 5.75. The summed E-state index contributed by atoms with van der Waals surface area (Å²) in [6.45, 7) is 8.03. The third-order valence-corrected chi connectivity index (χ3v) is 2.54. The van der Waals surface area contributed by atoms with Crippen molar-refractivity contribution in [1.82, 2.24) is 0 Å². The van der Waals surface area contributed by atoms with E-state index < -0.39 is 11.7 Å². The number of phenolic OH excluding ortho intramolecular Hbond substituents is 1. The molecular weight excluding hydrogens is 256 g/mol. The highest BCUT2D eigenvalue weighted by Crippen LogP contribution is 2.18. The molecule has 0 radical (unpaired) electrons. The van der Waals surface area contributed by atoms with E-state index in [1.165, 1.54) is 0 Å². The Hall–Kier alpha value is -1.55. The lowest BCUT2D eigenvalue weighted by atomic mass is 10.1. The molecule has 4 heteroatoms. The van der Waals surface area contributed by atoms with Crippen molar-refractivity contribution in [2.24, 2.45) is 0 Å². The van der Waals surface area contributed by atoms with Gasteiger partial charge in [-0.3, -0.25) is 0 Å². The molecule has 0 saturated heterocycles. The summed E-state index contributed by atoms with van der Waals surface area (Å²) in [4.78, 5) is 12.1. The molecule has 20 heavy (non-hydrogen) atoms. The zero-order chi connectivity index (χ0) is 15.2. The number of carbonyl (C=O) groups excluding carboxylic acids is 1. The van der Waals surface area contributed by atoms with Crippen LogP contribution in [-0.2, 0) is 20.7 Å². The molecule has 0 aliphatic heterocycles. The van der Waals surface area contributed by atoms with Crippen molar-refractivity contribution in [3.63, 3.8) is 0 Å². The highest BCUT2D eigenvalue weighted by atomic mass is 16.6. The number of hydrogen-bond acceptors (Lipinski definition) is 4. The first-order chi connectivity index (χ1) is 9.31. The topological polar surface area (TPSA) is 55.8 Å². The minimum Gasteiger partial charge on any atom is -0.508 e. The van der Waals surface area contributed by atoms with Gasteiger partial charge < -0.3 is 14.6 Å². The number of hydrogen-bond donors (Lipinski definition) is 1. The molecule has 0 bridgehead atoms. The van der Waals surface area contributed by atoms with Gasteiger partial charge in [-0.2, -0.15) is 0 Å². The number of benzene rings is 1. The van der Waals surface area contributed by atoms with E-state index in [4.69, 9.17) is 9.47 Å². The first kappa shape index (κ1) is 16.5. The van der Waals surface area contributed by atoms with Crippen LogP contribution in [0.25, 0.3) is 0 Å². The summed E-state index contributed by atoms with van der Waals surface area (Å²) in [7, 11) is 0. The first-order valence-corrected chi connectivity index (χ1v) is 6.94. The lowest BCUT2D eigenvalue weighted by Gasteiger charge is -2.26. The Kier molecular flexibility index (Phi) is 6.02. The Labute approximate surface area is 120 Å². The van der Waals surface area contributed by atoms with Crippen LogP contribution in [0, 0.1) is 0 Å². The van der Waals surface area contributed by atoms with Crippen LogP contribution in [0.2, 0.25) is 0 Å². The summed E-state index contributed by atoms with van der Waals surface area (Å²) in [6, 6.07) is 6.83. The summed E-state index contributed by atoms with van der Waals surface area (Å²) >= 11 is 0. The van der Waals surface area contributed by atoms with E-state index in [1.807, 2.05) is 33.8 Å². The van der Waals surface area contributed by atoms with Crippen molar-refractivity contribution in [3.8, 4) is 5.75 Å². The summed E-state index contributed by atoms with van der Waals surface area (Å²) in [5, 5.41) is 9.48. The molecule has 0 fully saturated rings. The monoisotopic (exact) mass is 280 g/mol. The molecule has 1 aromatic carbocycles. The van der Waals surface area contributed by atoms with Crippen LogP contribution in [0.3, 0.4) is 0 Å². The van der Waals surface area contributed by atoms with Crippen molar-refractivity contribution in [1.29, 1.82) is 0 Å². The lowest BCUT2D eigenvalue weighted by molar-refractivity contribution is -0.166. The summed E-state index contributed by atoms with van der Waals surface area (Å²) < 4.78 is 11.0. The van der Waals surface area contributed by atoms with E-state index in [-0.39, 0.29) is 11.7 Å². The van der Waals surface area contributed by atoms with E-state index in [1.54, 1.807) is 18.2 Å². The van der Waals surface area contributed by atoms with E-state index in [2.05, 4.69) is 0 Å². The summed E-state index contributed by atoms with van der Waals surface area (Å²) in [6.07, 6.45) is 0.497. The van der Waals surface area contributed by atoms with Crippen LogP contribution in [0.15, 0.2) is 24.3 Å². The number of rotatable bonds is 6. The summed E-state index contributed by atoms with van der Waals surface area (Å²) in [5.74, 6) is -0.177. The highest BCUT2D eigenvalue weighted by Gasteiger charge is 2.27. The maximum absolute atomic E-state index is 12.1. The van der Waals surface area contributed by atoms with Gasteiger partial charge in [-0.15, -0.1) is 0 Å². The van der Waals surface area contributed by atoms with Gasteiger partial charge in [0.1, 0.15) is 5.75 Å². The second-order valence-electron chi connectivity index (χ2n) is 5.76. The third kappa shape index (κ3) is 6.06. The maximum Gasteiger partial charge on any atom is 0.335 e. The van der Waals surface area contributed by atoms with E-state index in [9.17, 15) is 9.90 Å². The fourth-order valence-electron chi connectivity index (χ4n) is 1.79. The second-order valence-corrected chi connectivity index (χ2v) is 5.76. The SMILES string of the molecule is CCCOC(=O)C(Cc1cccc(O)c1)OC(C)(C)C. The molecule has 0 saturated carbocycles. The molecule has 1 rings (SSSR count). The smallest absolute Gasteiger partial charge is 0.335 e. The summed E-state index contributed by atoms with van der Waals surface area (Å²) in [5.41, 5.74) is 0.403. The number of phenols is 1. The van der Waals surface area contributed by atoms with Gasteiger partial charge in [-0.05, 0) is 44.9 Å². The van der Waals surface area contributed by atoms with Crippen LogP contribution in [0.4, 0.5) is 0 Å². The maximum atomic E-state index is 12.1. The predicted molar refractivity (Wildman–Crippen MR) is 77.7 cm³/mol. The van der Waals surface area contributed by atoms with Gasteiger partial charge in [0, 0.05) is 6.42 Å². The molecular formula is C16H24O4. The van der Waals surface area contributed by atoms with Crippen molar-refractivity contribution in [2.75, 3.05) is 6.61 Å². The standard InChI is InChI=1S/C16H24O4/c1-5-9-19-15(18)14(20-16(2,3)4)11-12-7-6-8-13(17)10-12/h6-8,10,14,17H,5,9,11H2,1-4H3. The third-order valence-electron chi connectivity index (χ3n) is 2.54. The van der Waals surface area contributed by atoms with Gasteiger partial charge in [0.25, 0.3) is 0 Å². The molecule has 4 nitrogen and oxygen atoms in total. The largest absolute Gasteiger partial charge is 0.508 e. The average Bonchev–Trinajstić information content (AvgIpc) is 2.33. The lowest BCUT2D eigenvalue weighted by Crippen LogP contribution is -2.36. The Bertz CT molecular complexity index is 434. The molecule has 1 atom stereocenters. The normalized spacial score (nSPS) is 13.0. The molecule has 1 N–H and O–H groups in total. The molecule has 0 heterocycles. The van der Waals surface area contributed by atoms with Crippen molar-refractivity contribution >= 4 is 5.97 Å². The molecule has 0 spiro atoms. The van der Waals surface area contributed by atoms with Gasteiger partial charge in [0.2, 0.25) is 0 Å². The predicted octanol–water partition coefficient (Wildman–Crippen LogP) is 3.07. The quantitative estimate of drug-likeness (QED) is 0.814. The number of aromatic hydroxyl groups is 1. The molecule has 0 aliphatic rings. The number of esters is 1. The van der Waals surface area contributed by atoms with Gasteiger partial charge in [-0.1, -0.05) is 19.1 Å². The fraction of sp³-hybridized carbons (Fsp3) is 0.562. The van der Waals surface area contributed by atoms with Gasteiger partial charge in [0.05, 0.1) is 12.2 Å². The zero-order valence-corrected chi connectivity index (χ0v) is 12.7. The minimum absolute atomic E-state index is 0.180. The van der Waals surface area contributed by atoms with E-state index >= 15 is 0 Å². The molecule has 0 aliphatic carbocycles. The Morgan fingerprint density at radius 2 is 2.05 bits per heavy atom. The second kappa shape index (κ2) is 7.29. The van der Waals surface area contributed by atoms with Crippen LogP contribution < -0.4 is 0 Å².